The molecule has 0 aliphatic rings. The number of carbonyl (C=O) groups is 2. The van der Waals surface area contributed by atoms with Gasteiger partial charge in [0, 0.05) is 12.8 Å². The van der Waals surface area contributed by atoms with E-state index in [2.05, 4.69) is 0 Å². The molecule has 0 aromatic heterocycles. The molecule has 156 valence electrons. The molecule has 0 saturated carbocycles. The van der Waals surface area contributed by atoms with E-state index in [1.54, 1.807) is 25.3 Å². The molecule has 0 spiro atoms. The molecule has 1 N–H and O–H groups in total. The first-order valence-electron chi connectivity index (χ1n) is 9.53. The van der Waals surface area contributed by atoms with E-state index in [1.807, 2.05) is 45.0 Å². The molecule has 0 aliphatic heterocycles. The Balaban J connectivity index is 2.04. The van der Waals surface area contributed by atoms with Gasteiger partial charge in [0.25, 0.3) is 0 Å². The maximum atomic E-state index is 11.9. The molecule has 6 heteroatoms. The molecule has 29 heavy (non-hydrogen) atoms. The maximum absolute atomic E-state index is 11.9. The van der Waals surface area contributed by atoms with Gasteiger partial charge in [-0.2, -0.15) is 0 Å². The zero-order valence-electron chi connectivity index (χ0n) is 17.4. The molecule has 2 aromatic rings. The summed E-state index contributed by atoms with van der Waals surface area (Å²) in [6.45, 7) is 5.53. The van der Waals surface area contributed by atoms with E-state index < -0.39 is 11.6 Å². The van der Waals surface area contributed by atoms with Crippen molar-refractivity contribution in [3.8, 4) is 17.2 Å². The Bertz CT molecular complexity index is 833. The first-order valence-corrected chi connectivity index (χ1v) is 9.53. The molecular weight excluding hydrogens is 372 g/mol. The Kier molecular flexibility index (Phi) is 7.65. The van der Waals surface area contributed by atoms with Crippen LogP contribution in [0, 0.1) is 0 Å². The summed E-state index contributed by atoms with van der Waals surface area (Å²) in [7, 11) is 1.57. The van der Waals surface area contributed by atoms with Crippen LogP contribution in [-0.2, 0) is 27.2 Å². The van der Waals surface area contributed by atoms with E-state index in [1.165, 1.54) is 0 Å². The molecule has 0 aliphatic carbocycles. The minimum Gasteiger partial charge on any atom is -0.493 e. The highest BCUT2D eigenvalue weighted by Gasteiger charge is 2.16. The lowest BCUT2D eigenvalue weighted by Crippen LogP contribution is -2.24. The molecule has 0 unspecified atom stereocenters. The molecule has 6 nitrogen and oxygen atoms in total. The SMILES string of the molecule is COc1ccc(CCC(=O)OC(C)(C)C)cc1Oc1ccc(CCC(=O)O)cc1. The number of ether oxygens (including phenoxy) is 3. The third-order valence-electron chi connectivity index (χ3n) is 4.04. The number of benzene rings is 2. The Morgan fingerprint density at radius 1 is 0.897 bits per heavy atom. The largest absolute Gasteiger partial charge is 0.493 e. The molecule has 0 amide bonds. The number of carbonyl (C=O) groups excluding carboxylic acids is 1. The van der Waals surface area contributed by atoms with Crippen LogP contribution in [0.25, 0.3) is 0 Å². The van der Waals surface area contributed by atoms with Gasteiger partial charge < -0.3 is 19.3 Å². The fraction of sp³-hybridized carbons (Fsp3) is 0.391. The quantitative estimate of drug-likeness (QED) is 0.610. The number of carboxylic acid groups (broad SMARTS) is 1. The molecule has 2 aromatic carbocycles. The van der Waals surface area contributed by atoms with Gasteiger partial charge in [0.15, 0.2) is 11.5 Å². The van der Waals surface area contributed by atoms with Crippen molar-refractivity contribution in [1.82, 2.24) is 0 Å². The monoisotopic (exact) mass is 400 g/mol. The molecule has 0 saturated heterocycles. The number of rotatable bonds is 9. The van der Waals surface area contributed by atoms with Crippen molar-refractivity contribution < 1.29 is 28.9 Å². The zero-order valence-corrected chi connectivity index (χ0v) is 17.4. The maximum Gasteiger partial charge on any atom is 0.306 e. The lowest BCUT2D eigenvalue weighted by atomic mass is 10.1. The highest BCUT2D eigenvalue weighted by atomic mass is 16.6. The van der Waals surface area contributed by atoms with Gasteiger partial charge in [-0.1, -0.05) is 18.2 Å². The third-order valence-corrected chi connectivity index (χ3v) is 4.04. The van der Waals surface area contributed by atoms with Gasteiger partial charge in [0.1, 0.15) is 11.4 Å². The molecule has 2 rings (SSSR count). The summed E-state index contributed by atoms with van der Waals surface area (Å²) >= 11 is 0. The van der Waals surface area contributed by atoms with Crippen LogP contribution in [0.4, 0.5) is 0 Å². The highest BCUT2D eigenvalue weighted by Crippen LogP contribution is 2.33. The van der Waals surface area contributed by atoms with Gasteiger partial charge in [0.2, 0.25) is 0 Å². The second-order valence-corrected chi connectivity index (χ2v) is 7.71. The Morgan fingerprint density at radius 3 is 2.10 bits per heavy atom. The van der Waals surface area contributed by atoms with Crippen molar-refractivity contribution in [2.24, 2.45) is 0 Å². The van der Waals surface area contributed by atoms with E-state index in [4.69, 9.17) is 19.3 Å². The number of methoxy groups -OCH3 is 1. The summed E-state index contributed by atoms with van der Waals surface area (Å²) in [6, 6.07) is 12.8. The van der Waals surface area contributed by atoms with Crippen LogP contribution < -0.4 is 9.47 Å². The molecule has 0 radical (unpaired) electrons. The number of hydrogen-bond donors (Lipinski definition) is 1. The minimum absolute atomic E-state index is 0.0910. The second-order valence-electron chi connectivity index (χ2n) is 7.71. The van der Waals surface area contributed by atoms with E-state index in [0.717, 1.165) is 11.1 Å². The van der Waals surface area contributed by atoms with Crippen molar-refractivity contribution in [1.29, 1.82) is 0 Å². The first-order chi connectivity index (χ1) is 13.7. The van der Waals surface area contributed by atoms with Crippen LogP contribution in [0.5, 0.6) is 17.2 Å². The van der Waals surface area contributed by atoms with Crippen LogP contribution in [0.15, 0.2) is 42.5 Å². The Hall–Kier alpha value is -3.02. The third kappa shape index (κ3) is 7.86. The van der Waals surface area contributed by atoms with Crippen molar-refractivity contribution in [3.05, 3.63) is 53.6 Å². The summed E-state index contributed by atoms with van der Waals surface area (Å²) in [6.07, 6.45) is 1.37. The highest BCUT2D eigenvalue weighted by molar-refractivity contribution is 5.70. The predicted octanol–water partition coefficient (Wildman–Crippen LogP) is 4.78. The Labute approximate surface area is 171 Å². The number of aliphatic carboxylic acids is 1. The van der Waals surface area contributed by atoms with Crippen LogP contribution in [0.2, 0.25) is 0 Å². The zero-order chi connectivity index (χ0) is 21.4. The van der Waals surface area contributed by atoms with E-state index in [0.29, 0.717) is 30.1 Å². The normalized spacial score (nSPS) is 11.0. The van der Waals surface area contributed by atoms with Crippen molar-refractivity contribution in [2.75, 3.05) is 7.11 Å². The lowest BCUT2D eigenvalue weighted by Gasteiger charge is -2.19. The van der Waals surface area contributed by atoms with Gasteiger partial charge in [-0.15, -0.1) is 0 Å². The second kappa shape index (κ2) is 9.96. The standard InChI is InChI=1S/C23H28O6/c1-23(2,3)29-22(26)14-9-17-7-12-19(27-4)20(15-17)28-18-10-5-16(6-11-18)8-13-21(24)25/h5-7,10-12,15H,8-9,13-14H2,1-4H3,(H,24,25). The van der Waals surface area contributed by atoms with Gasteiger partial charge in [0.05, 0.1) is 7.11 Å². The summed E-state index contributed by atoms with van der Waals surface area (Å²) in [4.78, 5) is 22.6. The fourth-order valence-corrected chi connectivity index (χ4v) is 2.70. The molecule has 0 heterocycles. The van der Waals surface area contributed by atoms with Crippen molar-refractivity contribution >= 4 is 11.9 Å². The van der Waals surface area contributed by atoms with Gasteiger partial charge in [-0.3, -0.25) is 9.59 Å². The van der Waals surface area contributed by atoms with Crippen LogP contribution in [0.3, 0.4) is 0 Å². The number of carboxylic acids is 1. The van der Waals surface area contributed by atoms with Crippen LogP contribution >= 0.6 is 0 Å². The summed E-state index contributed by atoms with van der Waals surface area (Å²) in [5.41, 5.74) is 1.37. The summed E-state index contributed by atoms with van der Waals surface area (Å²) < 4.78 is 16.7. The molecule has 0 bridgehead atoms. The topological polar surface area (TPSA) is 82.1 Å². The van der Waals surface area contributed by atoms with E-state index in [9.17, 15) is 9.59 Å². The number of hydrogen-bond acceptors (Lipinski definition) is 5. The number of aryl methyl sites for hydroxylation is 2. The molecule has 0 atom stereocenters. The number of esters is 1. The van der Waals surface area contributed by atoms with Crippen molar-refractivity contribution in [3.63, 3.8) is 0 Å². The smallest absolute Gasteiger partial charge is 0.306 e. The average Bonchev–Trinajstić information content (AvgIpc) is 2.64. The predicted molar refractivity (Wildman–Crippen MR) is 110 cm³/mol. The summed E-state index contributed by atoms with van der Waals surface area (Å²) in [5.74, 6) is 0.686. The van der Waals surface area contributed by atoms with Crippen LogP contribution in [0.1, 0.15) is 44.7 Å². The first kappa shape index (κ1) is 22.3. The van der Waals surface area contributed by atoms with Gasteiger partial charge >= 0.3 is 11.9 Å². The fourth-order valence-electron chi connectivity index (χ4n) is 2.70. The lowest BCUT2D eigenvalue weighted by molar-refractivity contribution is -0.154. The summed E-state index contributed by atoms with van der Waals surface area (Å²) in [5, 5.41) is 8.77. The average molecular weight is 400 g/mol. The van der Waals surface area contributed by atoms with Crippen molar-refractivity contribution in [2.45, 2.75) is 52.1 Å². The molecular formula is C23H28O6. The minimum atomic E-state index is -0.821. The Morgan fingerprint density at radius 2 is 1.52 bits per heavy atom. The van der Waals surface area contributed by atoms with E-state index in [-0.39, 0.29) is 18.8 Å². The van der Waals surface area contributed by atoms with E-state index >= 15 is 0 Å². The molecule has 0 fully saturated rings. The van der Waals surface area contributed by atoms with Crippen LogP contribution in [-0.4, -0.2) is 29.8 Å². The van der Waals surface area contributed by atoms with Gasteiger partial charge in [-0.25, -0.2) is 0 Å². The van der Waals surface area contributed by atoms with Gasteiger partial charge in [-0.05, 0) is 69.0 Å².